The summed E-state index contributed by atoms with van der Waals surface area (Å²) in [5.41, 5.74) is 1.25. The summed E-state index contributed by atoms with van der Waals surface area (Å²) < 4.78 is 5.13. The maximum absolute atomic E-state index is 11.8. The van der Waals surface area contributed by atoms with Gasteiger partial charge in [-0.3, -0.25) is 4.79 Å². The summed E-state index contributed by atoms with van der Waals surface area (Å²) in [6, 6.07) is 8.05. The van der Waals surface area contributed by atoms with Gasteiger partial charge in [-0.05, 0) is 62.4 Å². The van der Waals surface area contributed by atoms with Crippen LogP contribution < -0.4 is 15.4 Å². The first-order valence-corrected chi connectivity index (χ1v) is 7.88. The highest BCUT2D eigenvalue weighted by atomic mass is 35.5. The zero-order chi connectivity index (χ0) is 14.9. The number of carbonyl (C=O) groups excluding carboxylic acids is 1. The van der Waals surface area contributed by atoms with E-state index in [1.165, 1.54) is 12.0 Å². The van der Waals surface area contributed by atoms with Gasteiger partial charge in [0, 0.05) is 13.0 Å². The zero-order valence-electron chi connectivity index (χ0n) is 13.3. The van der Waals surface area contributed by atoms with Crippen molar-refractivity contribution in [2.24, 2.45) is 5.92 Å². The van der Waals surface area contributed by atoms with Crippen molar-refractivity contribution in [3.8, 4) is 5.75 Å². The largest absolute Gasteiger partial charge is 0.497 e. The van der Waals surface area contributed by atoms with Gasteiger partial charge >= 0.3 is 0 Å². The Morgan fingerprint density at radius 3 is 2.77 bits per heavy atom. The molecule has 0 saturated carbocycles. The van der Waals surface area contributed by atoms with Crippen LogP contribution in [0.1, 0.15) is 31.2 Å². The summed E-state index contributed by atoms with van der Waals surface area (Å²) in [5.74, 6) is 1.79. The van der Waals surface area contributed by atoms with Crippen molar-refractivity contribution in [1.82, 2.24) is 10.6 Å². The Hall–Kier alpha value is -1.26. The fraction of sp³-hybridized carbons (Fsp3) is 0.588. The van der Waals surface area contributed by atoms with Gasteiger partial charge in [0.15, 0.2) is 0 Å². The first kappa shape index (κ1) is 18.8. The number of amides is 1. The van der Waals surface area contributed by atoms with Crippen molar-refractivity contribution in [2.75, 3.05) is 26.7 Å². The van der Waals surface area contributed by atoms with E-state index >= 15 is 0 Å². The van der Waals surface area contributed by atoms with E-state index in [0.29, 0.717) is 6.42 Å². The Kier molecular flexibility index (Phi) is 8.94. The van der Waals surface area contributed by atoms with Crippen LogP contribution in [-0.4, -0.2) is 32.7 Å². The average molecular weight is 327 g/mol. The van der Waals surface area contributed by atoms with E-state index in [1.54, 1.807) is 7.11 Å². The van der Waals surface area contributed by atoms with Gasteiger partial charge < -0.3 is 15.4 Å². The van der Waals surface area contributed by atoms with Crippen LogP contribution in [0.3, 0.4) is 0 Å². The summed E-state index contributed by atoms with van der Waals surface area (Å²) in [6.45, 7) is 3.04. The predicted molar refractivity (Wildman–Crippen MR) is 91.8 cm³/mol. The van der Waals surface area contributed by atoms with Crippen LogP contribution in [-0.2, 0) is 11.2 Å². The van der Waals surface area contributed by atoms with Gasteiger partial charge in [0.05, 0.1) is 7.11 Å². The Balaban J connectivity index is 0.00000242. The molecule has 22 heavy (non-hydrogen) atoms. The summed E-state index contributed by atoms with van der Waals surface area (Å²) in [4.78, 5) is 11.8. The molecule has 5 heteroatoms. The summed E-state index contributed by atoms with van der Waals surface area (Å²) >= 11 is 0. The molecular formula is C17H27ClN2O2. The molecular weight excluding hydrogens is 300 g/mol. The van der Waals surface area contributed by atoms with Crippen molar-refractivity contribution in [3.63, 3.8) is 0 Å². The fourth-order valence-electron chi connectivity index (χ4n) is 2.71. The molecule has 4 nitrogen and oxygen atoms in total. The number of carbonyl (C=O) groups is 1. The molecule has 1 saturated heterocycles. The molecule has 0 radical (unpaired) electrons. The maximum atomic E-state index is 11.8. The highest BCUT2D eigenvalue weighted by Gasteiger charge is 2.13. The van der Waals surface area contributed by atoms with Gasteiger partial charge in [-0.2, -0.15) is 0 Å². The lowest BCUT2D eigenvalue weighted by Crippen LogP contribution is -2.26. The fourth-order valence-corrected chi connectivity index (χ4v) is 2.71. The molecule has 0 spiro atoms. The Morgan fingerprint density at radius 1 is 1.36 bits per heavy atom. The predicted octanol–water partition coefficient (Wildman–Crippen LogP) is 2.56. The Bertz CT molecular complexity index is 431. The highest BCUT2D eigenvalue weighted by Crippen LogP contribution is 2.13. The first-order valence-electron chi connectivity index (χ1n) is 7.88. The van der Waals surface area contributed by atoms with Crippen LogP contribution in [0.15, 0.2) is 24.3 Å². The molecule has 1 unspecified atom stereocenters. The number of hydrogen-bond donors (Lipinski definition) is 2. The molecule has 0 aromatic heterocycles. The normalized spacial score (nSPS) is 16.9. The zero-order valence-corrected chi connectivity index (χ0v) is 14.1. The Labute approximate surface area is 139 Å². The van der Waals surface area contributed by atoms with E-state index in [2.05, 4.69) is 22.8 Å². The second-order valence-electron chi connectivity index (χ2n) is 5.70. The molecule has 1 fully saturated rings. The molecule has 1 aliphatic heterocycles. The summed E-state index contributed by atoms with van der Waals surface area (Å²) in [6.07, 6.45) is 4.77. The lowest BCUT2D eigenvalue weighted by atomic mass is 10.1. The molecule has 0 bridgehead atoms. The average Bonchev–Trinajstić information content (AvgIpc) is 3.01. The van der Waals surface area contributed by atoms with E-state index in [4.69, 9.17) is 4.74 Å². The topological polar surface area (TPSA) is 50.4 Å². The van der Waals surface area contributed by atoms with Crippen molar-refractivity contribution in [1.29, 1.82) is 0 Å². The van der Waals surface area contributed by atoms with Gasteiger partial charge in [-0.15, -0.1) is 12.4 Å². The number of halogens is 1. The number of aryl methyl sites for hydroxylation is 1. The quantitative estimate of drug-likeness (QED) is 0.772. The van der Waals surface area contributed by atoms with Crippen molar-refractivity contribution in [2.45, 2.75) is 32.1 Å². The molecule has 1 atom stereocenters. The van der Waals surface area contributed by atoms with E-state index in [-0.39, 0.29) is 18.3 Å². The van der Waals surface area contributed by atoms with E-state index in [0.717, 1.165) is 50.6 Å². The van der Waals surface area contributed by atoms with Crippen LogP contribution in [0.5, 0.6) is 5.75 Å². The molecule has 2 N–H and O–H groups in total. The van der Waals surface area contributed by atoms with E-state index < -0.39 is 0 Å². The van der Waals surface area contributed by atoms with Crippen LogP contribution in [0.25, 0.3) is 0 Å². The van der Waals surface area contributed by atoms with Gasteiger partial charge in [0.2, 0.25) is 5.91 Å². The van der Waals surface area contributed by atoms with Crippen molar-refractivity contribution >= 4 is 18.3 Å². The van der Waals surface area contributed by atoms with Crippen LogP contribution in [0.4, 0.5) is 0 Å². The second-order valence-corrected chi connectivity index (χ2v) is 5.70. The summed E-state index contributed by atoms with van der Waals surface area (Å²) in [5, 5.41) is 6.38. The molecule has 124 valence electrons. The summed E-state index contributed by atoms with van der Waals surface area (Å²) in [7, 11) is 1.67. The minimum absolute atomic E-state index is 0. The van der Waals surface area contributed by atoms with Gasteiger partial charge in [0.25, 0.3) is 0 Å². The maximum Gasteiger partial charge on any atom is 0.220 e. The van der Waals surface area contributed by atoms with Gasteiger partial charge in [0.1, 0.15) is 5.75 Å². The lowest BCUT2D eigenvalue weighted by molar-refractivity contribution is -0.121. The first-order chi connectivity index (χ1) is 10.3. The third kappa shape index (κ3) is 6.67. The van der Waals surface area contributed by atoms with Crippen molar-refractivity contribution in [3.05, 3.63) is 29.8 Å². The smallest absolute Gasteiger partial charge is 0.220 e. The number of nitrogens with one attached hydrogen (secondary N) is 2. The minimum atomic E-state index is 0. The molecule has 1 heterocycles. The number of rotatable bonds is 8. The van der Waals surface area contributed by atoms with Crippen LogP contribution in [0.2, 0.25) is 0 Å². The Morgan fingerprint density at radius 2 is 2.14 bits per heavy atom. The lowest BCUT2D eigenvalue weighted by Gasteiger charge is -2.09. The second kappa shape index (κ2) is 10.5. The number of hydrogen-bond acceptors (Lipinski definition) is 3. The van der Waals surface area contributed by atoms with Crippen molar-refractivity contribution < 1.29 is 9.53 Å². The van der Waals surface area contributed by atoms with E-state index in [1.807, 2.05) is 12.1 Å². The monoisotopic (exact) mass is 326 g/mol. The molecule has 2 rings (SSSR count). The van der Waals surface area contributed by atoms with Gasteiger partial charge in [-0.1, -0.05) is 12.1 Å². The van der Waals surface area contributed by atoms with Gasteiger partial charge in [-0.25, -0.2) is 0 Å². The number of ether oxygens (including phenoxy) is 1. The molecule has 1 aromatic carbocycles. The third-order valence-corrected chi connectivity index (χ3v) is 4.07. The van der Waals surface area contributed by atoms with Crippen LogP contribution in [0, 0.1) is 5.92 Å². The third-order valence-electron chi connectivity index (χ3n) is 4.07. The molecule has 1 aliphatic rings. The number of benzene rings is 1. The standard InChI is InChI=1S/C17H26N2O2.ClH/c1-21-16-7-5-14(6-8-16)3-2-4-17(20)19-12-10-15-9-11-18-13-15;/h5-8,15,18H,2-4,9-13H2,1H3,(H,19,20);1H. The molecule has 1 aromatic rings. The number of methoxy groups -OCH3 is 1. The molecule has 0 aliphatic carbocycles. The highest BCUT2D eigenvalue weighted by molar-refractivity contribution is 5.85. The SMILES string of the molecule is COc1ccc(CCCC(=O)NCCC2CCNC2)cc1.Cl. The van der Waals surface area contributed by atoms with E-state index in [9.17, 15) is 4.79 Å². The van der Waals surface area contributed by atoms with Crippen LogP contribution >= 0.6 is 12.4 Å². The molecule has 1 amide bonds. The minimum Gasteiger partial charge on any atom is -0.497 e.